The fourth-order valence-corrected chi connectivity index (χ4v) is 3.78. The SMILES string of the molecule is CCn1c(SCC(=O)N2CCN(C)CC2)nnc1-c1ccc(C)cc1. The van der Waals surface area contributed by atoms with Gasteiger partial charge in [0.25, 0.3) is 0 Å². The van der Waals surface area contributed by atoms with Crippen LogP contribution in [0, 0.1) is 6.92 Å². The fourth-order valence-electron chi connectivity index (χ4n) is 2.87. The maximum atomic E-state index is 12.4. The lowest BCUT2D eigenvalue weighted by Gasteiger charge is -2.32. The number of piperazine rings is 1. The molecule has 1 amide bonds. The first kappa shape index (κ1) is 17.9. The number of rotatable bonds is 5. The van der Waals surface area contributed by atoms with Gasteiger partial charge >= 0.3 is 0 Å². The summed E-state index contributed by atoms with van der Waals surface area (Å²) in [5.41, 5.74) is 2.27. The third-order valence-corrected chi connectivity index (χ3v) is 5.48. The molecule has 0 radical (unpaired) electrons. The van der Waals surface area contributed by atoms with Gasteiger partial charge in [0, 0.05) is 38.3 Å². The summed E-state index contributed by atoms with van der Waals surface area (Å²) >= 11 is 1.48. The second kappa shape index (κ2) is 8.01. The second-order valence-corrected chi connectivity index (χ2v) is 7.33. The number of amides is 1. The highest BCUT2D eigenvalue weighted by molar-refractivity contribution is 7.99. The van der Waals surface area contributed by atoms with E-state index in [1.54, 1.807) is 0 Å². The van der Waals surface area contributed by atoms with E-state index < -0.39 is 0 Å². The quantitative estimate of drug-likeness (QED) is 0.766. The summed E-state index contributed by atoms with van der Waals surface area (Å²) in [5.74, 6) is 1.45. The standard InChI is InChI=1S/C18H25N5OS/c1-4-23-17(15-7-5-14(2)6-8-15)19-20-18(23)25-13-16(24)22-11-9-21(3)10-12-22/h5-8H,4,9-13H2,1-3H3. The molecule has 25 heavy (non-hydrogen) atoms. The van der Waals surface area contributed by atoms with Gasteiger partial charge in [-0.3, -0.25) is 4.79 Å². The minimum absolute atomic E-state index is 0.181. The summed E-state index contributed by atoms with van der Waals surface area (Å²) in [6.07, 6.45) is 0. The van der Waals surface area contributed by atoms with Crippen molar-refractivity contribution in [1.82, 2.24) is 24.6 Å². The van der Waals surface area contributed by atoms with Gasteiger partial charge in [0.2, 0.25) is 5.91 Å². The number of aryl methyl sites for hydroxylation is 1. The lowest BCUT2D eigenvalue weighted by Crippen LogP contribution is -2.47. The average molecular weight is 359 g/mol. The topological polar surface area (TPSA) is 54.3 Å². The van der Waals surface area contributed by atoms with E-state index in [9.17, 15) is 4.79 Å². The predicted octanol–water partition coefficient (Wildman–Crippen LogP) is 2.14. The minimum Gasteiger partial charge on any atom is -0.339 e. The average Bonchev–Trinajstić information content (AvgIpc) is 3.04. The van der Waals surface area contributed by atoms with Crippen LogP contribution in [-0.2, 0) is 11.3 Å². The molecule has 3 rings (SSSR count). The highest BCUT2D eigenvalue weighted by atomic mass is 32.2. The molecule has 0 saturated carbocycles. The van der Waals surface area contributed by atoms with Crippen LogP contribution in [0.4, 0.5) is 0 Å². The van der Waals surface area contributed by atoms with Crippen LogP contribution >= 0.6 is 11.8 Å². The molecule has 1 fully saturated rings. The molecule has 0 aliphatic carbocycles. The molecule has 0 unspecified atom stereocenters. The Morgan fingerprint density at radius 1 is 1.12 bits per heavy atom. The maximum Gasteiger partial charge on any atom is 0.233 e. The van der Waals surface area contributed by atoms with E-state index in [1.165, 1.54) is 17.3 Å². The number of thioether (sulfide) groups is 1. The molecule has 6 nitrogen and oxygen atoms in total. The zero-order valence-electron chi connectivity index (χ0n) is 15.1. The molecule has 7 heteroatoms. The smallest absolute Gasteiger partial charge is 0.233 e. The first-order chi connectivity index (χ1) is 12.1. The zero-order valence-corrected chi connectivity index (χ0v) is 15.9. The van der Waals surface area contributed by atoms with Crippen LogP contribution in [0.5, 0.6) is 0 Å². The lowest BCUT2D eigenvalue weighted by molar-refractivity contribution is -0.129. The highest BCUT2D eigenvalue weighted by Crippen LogP contribution is 2.24. The fraction of sp³-hybridized carbons (Fsp3) is 0.500. The van der Waals surface area contributed by atoms with Gasteiger partial charge in [-0.1, -0.05) is 41.6 Å². The Morgan fingerprint density at radius 3 is 2.44 bits per heavy atom. The first-order valence-electron chi connectivity index (χ1n) is 8.68. The molecule has 0 N–H and O–H groups in total. The van der Waals surface area contributed by atoms with Gasteiger partial charge in [-0.25, -0.2) is 0 Å². The first-order valence-corrected chi connectivity index (χ1v) is 9.66. The number of benzene rings is 1. The van der Waals surface area contributed by atoms with Crippen molar-refractivity contribution in [3.63, 3.8) is 0 Å². The van der Waals surface area contributed by atoms with Crippen molar-refractivity contribution < 1.29 is 4.79 Å². The van der Waals surface area contributed by atoms with Crippen LogP contribution < -0.4 is 0 Å². The Hall–Kier alpha value is -1.86. The summed E-state index contributed by atoms with van der Waals surface area (Å²) in [7, 11) is 2.09. The van der Waals surface area contributed by atoms with Crippen molar-refractivity contribution in [2.45, 2.75) is 25.5 Å². The molecule has 134 valence electrons. The highest BCUT2D eigenvalue weighted by Gasteiger charge is 2.20. The van der Waals surface area contributed by atoms with E-state index in [0.29, 0.717) is 5.75 Å². The Balaban J connectivity index is 1.67. The summed E-state index contributed by atoms with van der Waals surface area (Å²) in [6, 6.07) is 8.28. The Kier molecular flexibility index (Phi) is 5.75. The van der Waals surface area contributed by atoms with Crippen molar-refractivity contribution >= 4 is 17.7 Å². The van der Waals surface area contributed by atoms with Crippen LogP contribution in [0.25, 0.3) is 11.4 Å². The number of nitrogens with zero attached hydrogens (tertiary/aromatic N) is 5. The molecule has 2 heterocycles. The zero-order chi connectivity index (χ0) is 17.8. The van der Waals surface area contributed by atoms with Crippen molar-refractivity contribution in [3.8, 4) is 11.4 Å². The van der Waals surface area contributed by atoms with E-state index in [4.69, 9.17) is 0 Å². The molecule has 1 aromatic heterocycles. The van der Waals surface area contributed by atoms with Crippen molar-refractivity contribution in [1.29, 1.82) is 0 Å². The third-order valence-electron chi connectivity index (χ3n) is 4.52. The Bertz CT molecular complexity index is 720. The second-order valence-electron chi connectivity index (χ2n) is 6.39. The van der Waals surface area contributed by atoms with Gasteiger partial charge < -0.3 is 14.4 Å². The van der Waals surface area contributed by atoms with Crippen LogP contribution in [0.15, 0.2) is 29.4 Å². The van der Waals surface area contributed by atoms with Gasteiger partial charge in [0.1, 0.15) is 0 Å². The van der Waals surface area contributed by atoms with Gasteiger partial charge in [0.05, 0.1) is 5.75 Å². The van der Waals surface area contributed by atoms with Crippen LogP contribution in [0.2, 0.25) is 0 Å². The van der Waals surface area contributed by atoms with Crippen molar-refractivity contribution in [2.75, 3.05) is 39.0 Å². The molecular formula is C18H25N5OS. The molecule has 1 aromatic carbocycles. The van der Waals surface area contributed by atoms with E-state index in [0.717, 1.165) is 49.3 Å². The predicted molar refractivity (Wildman–Crippen MR) is 101 cm³/mol. The summed E-state index contributed by atoms with van der Waals surface area (Å²) in [4.78, 5) is 16.6. The largest absolute Gasteiger partial charge is 0.339 e. The molecule has 2 aromatic rings. The van der Waals surface area contributed by atoms with Crippen molar-refractivity contribution in [2.24, 2.45) is 0 Å². The maximum absolute atomic E-state index is 12.4. The number of aromatic nitrogens is 3. The number of carbonyl (C=O) groups is 1. The number of likely N-dealkylation sites (N-methyl/N-ethyl adjacent to an activating group) is 1. The van der Waals surface area contributed by atoms with Gasteiger partial charge in [-0.05, 0) is 20.9 Å². The van der Waals surface area contributed by atoms with Gasteiger partial charge in [-0.15, -0.1) is 10.2 Å². The molecule has 0 bridgehead atoms. The summed E-state index contributed by atoms with van der Waals surface area (Å²) in [5, 5.41) is 9.47. The van der Waals surface area contributed by atoms with Crippen LogP contribution in [-0.4, -0.2) is 69.5 Å². The summed E-state index contributed by atoms with van der Waals surface area (Å²) < 4.78 is 2.08. The number of carbonyl (C=O) groups excluding carboxylic acids is 1. The lowest BCUT2D eigenvalue weighted by atomic mass is 10.1. The van der Waals surface area contributed by atoms with E-state index in [-0.39, 0.29) is 5.91 Å². The number of hydrogen-bond donors (Lipinski definition) is 0. The molecule has 0 atom stereocenters. The third kappa shape index (κ3) is 4.22. The molecule has 1 aliphatic rings. The Morgan fingerprint density at radius 2 is 1.80 bits per heavy atom. The molecule has 0 spiro atoms. The van der Waals surface area contributed by atoms with E-state index in [1.807, 2.05) is 4.90 Å². The molecule has 1 aliphatic heterocycles. The monoisotopic (exact) mass is 359 g/mol. The van der Waals surface area contributed by atoms with Gasteiger partial charge in [0.15, 0.2) is 11.0 Å². The van der Waals surface area contributed by atoms with Gasteiger partial charge in [-0.2, -0.15) is 0 Å². The number of hydrogen-bond acceptors (Lipinski definition) is 5. The molecular weight excluding hydrogens is 334 g/mol. The van der Waals surface area contributed by atoms with Crippen molar-refractivity contribution in [3.05, 3.63) is 29.8 Å². The normalized spacial score (nSPS) is 15.6. The van der Waals surface area contributed by atoms with E-state index >= 15 is 0 Å². The Labute approximate surface area is 153 Å². The van der Waals surface area contributed by atoms with Crippen LogP contribution in [0.1, 0.15) is 12.5 Å². The molecule has 1 saturated heterocycles. The summed E-state index contributed by atoms with van der Waals surface area (Å²) in [6.45, 7) is 8.43. The minimum atomic E-state index is 0.181. The van der Waals surface area contributed by atoms with E-state index in [2.05, 4.69) is 64.8 Å². The van der Waals surface area contributed by atoms with Crippen LogP contribution in [0.3, 0.4) is 0 Å².